The SMILES string of the molecule is COc1cc(C)ccc1OCC(=O)N(C)CC(=O)Nc1cccc(C)c1C. The van der Waals surface area contributed by atoms with Crippen LogP contribution in [0.5, 0.6) is 11.5 Å². The van der Waals surface area contributed by atoms with Crippen LogP contribution in [-0.2, 0) is 9.59 Å². The smallest absolute Gasteiger partial charge is 0.260 e. The fraction of sp³-hybridized carbons (Fsp3) is 0.333. The van der Waals surface area contributed by atoms with E-state index in [4.69, 9.17) is 9.47 Å². The zero-order valence-corrected chi connectivity index (χ0v) is 16.5. The summed E-state index contributed by atoms with van der Waals surface area (Å²) in [6, 6.07) is 11.2. The minimum Gasteiger partial charge on any atom is -0.493 e. The Hall–Kier alpha value is -3.02. The molecule has 0 radical (unpaired) electrons. The third kappa shape index (κ3) is 5.48. The molecule has 0 aromatic heterocycles. The quantitative estimate of drug-likeness (QED) is 0.813. The minimum atomic E-state index is -0.297. The Morgan fingerprint density at radius 3 is 2.52 bits per heavy atom. The van der Waals surface area contributed by atoms with E-state index in [1.807, 2.05) is 51.1 Å². The second kappa shape index (κ2) is 9.07. The Labute approximate surface area is 160 Å². The average molecular weight is 370 g/mol. The van der Waals surface area contributed by atoms with Crippen molar-refractivity contribution >= 4 is 17.5 Å². The van der Waals surface area contributed by atoms with E-state index in [-0.39, 0.29) is 25.0 Å². The fourth-order valence-corrected chi connectivity index (χ4v) is 2.52. The van der Waals surface area contributed by atoms with Crippen LogP contribution < -0.4 is 14.8 Å². The molecule has 2 rings (SSSR count). The van der Waals surface area contributed by atoms with Crippen molar-refractivity contribution in [1.82, 2.24) is 4.90 Å². The highest BCUT2D eigenvalue weighted by atomic mass is 16.5. The fourth-order valence-electron chi connectivity index (χ4n) is 2.52. The summed E-state index contributed by atoms with van der Waals surface area (Å²) in [4.78, 5) is 25.8. The van der Waals surface area contributed by atoms with Crippen LogP contribution in [-0.4, -0.2) is 44.0 Å². The molecule has 0 unspecified atom stereocenters. The van der Waals surface area contributed by atoms with Gasteiger partial charge in [0.05, 0.1) is 13.7 Å². The van der Waals surface area contributed by atoms with Gasteiger partial charge in [0.15, 0.2) is 18.1 Å². The highest BCUT2D eigenvalue weighted by molar-refractivity contribution is 5.95. The molecule has 144 valence electrons. The molecule has 0 bridgehead atoms. The predicted molar refractivity (Wildman–Crippen MR) is 105 cm³/mol. The van der Waals surface area contributed by atoms with Crippen molar-refractivity contribution in [2.75, 3.05) is 32.6 Å². The van der Waals surface area contributed by atoms with Crippen LogP contribution in [0.15, 0.2) is 36.4 Å². The topological polar surface area (TPSA) is 67.9 Å². The summed E-state index contributed by atoms with van der Waals surface area (Å²) in [6.45, 7) is 5.65. The molecular formula is C21H26N2O4. The van der Waals surface area contributed by atoms with Gasteiger partial charge in [-0.3, -0.25) is 9.59 Å². The zero-order chi connectivity index (χ0) is 20.0. The van der Waals surface area contributed by atoms with Gasteiger partial charge >= 0.3 is 0 Å². The van der Waals surface area contributed by atoms with E-state index in [0.717, 1.165) is 22.4 Å². The van der Waals surface area contributed by atoms with E-state index in [1.54, 1.807) is 20.2 Å². The number of amides is 2. The monoisotopic (exact) mass is 370 g/mol. The Morgan fingerprint density at radius 1 is 1.07 bits per heavy atom. The summed E-state index contributed by atoms with van der Waals surface area (Å²) in [5.74, 6) is 0.504. The molecule has 0 heterocycles. The second-order valence-corrected chi connectivity index (χ2v) is 6.49. The summed E-state index contributed by atoms with van der Waals surface area (Å²) in [5.41, 5.74) is 3.89. The van der Waals surface area contributed by atoms with Crippen molar-refractivity contribution in [2.45, 2.75) is 20.8 Å². The lowest BCUT2D eigenvalue weighted by Crippen LogP contribution is -2.37. The number of nitrogens with zero attached hydrogens (tertiary/aromatic N) is 1. The maximum Gasteiger partial charge on any atom is 0.260 e. The molecule has 2 aromatic carbocycles. The number of benzene rings is 2. The maximum absolute atomic E-state index is 12.3. The lowest BCUT2D eigenvalue weighted by Gasteiger charge is -2.18. The Bertz CT molecular complexity index is 833. The molecule has 0 atom stereocenters. The van der Waals surface area contributed by atoms with Gasteiger partial charge in [-0.25, -0.2) is 0 Å². The third-order valence-electron chi connectivity index (χ3n) is 4.36. The van der Waals surface area contributed by atoms with Crippen LogP contribution in [0.4, 0.5) is 5.69 Å². The van der Waals surface area contributed by atoms with Crippen molar-refractivity contribution in [3.63, 3.8) is 0 Å². The van der Waals surface area contributed by atoms with E-state index >= 15 is 0 Å². The van der Waals surface area contributed by atoms with Gasteiger partial charge in [0.1, 0.15) is 0 Å². The molecule has 27 heavy (non-hydrogen) atoms. The van der Waals surface area contributed by atoms with Crippen LogP contribution in [0.3, 0.4) is 0 Å². The van der Waals surface area contributed by atoms with Gasteiger partial charge in [0, 0.05) is 12.7 Å². The maximum atomic E-state index is 12.3. The molecule has 6 heteroatoms. The highest BCUT2D eigenvalue weighted by Gasteiger charge is 2.15. The summed E-state index contributed by atoms with van der Waals surface area (Å²) >= 11 is 0. The lowest BCUT2D eigenvalue weighted by molar-refractivity contribution is -0.135. The average Bonchev–Trinajstić information content (AvgIpc) is 2.63. The molecule has 0 spiro atoms. The molecule has 0 saturated carbocycles. The van der Waals surface area contributed by atoms with Crippen molar-refractivity contribution in [1.29, 1.82) is 0 Å². The number of aryl methyl sites for hydroxylation is 2. The molecule has 2 amide bonds. The van der Waals surface area contributed by atoms with Gasteiger partial charge in [-0.15, -0.1) is 0 Å². The van der Waals surface area contributed by atoms with Crippen molar-refractivity contribution in [2.24, 2.45) is 0 Å². The van der Waals surface area contributed by atoms with Crippen LogP contribution >= 0.6 is 0 Å². The van der Waals surface area contributed by atoms with Crippen LogP contribution in [0.1, 0.15) is 16.7 Å². The zero-order valence-electron chi connectivity index (χ0n) is 16.5. The van der Waals surface area contributed by atoms with E-state index < -0.39 is 0 Å². The van der Waals surface area contributed by atoms with Crippen molar-refractivity contribution in [3.8, 4) is 11.5 Å². The first-order chi connectivity index (χ1) is 12.8. The molecular weight excluding hydrogens is 344 g/mol. The van der Waals surface area contributed by atoms with Gasteiger partial charge < -0.3 is 19.7 Å². The van der Waals surface area contributed by atoms with Crippen molar-refractivity contribution < 1.29 is 19.1 Å². The Kier molecular flexibility index (Phi) is 6.82. The lowest BCUT2D eigenvalue weighted by atomic mass is 10.1. The number of hydrogen-bond acceptors (Lipinski definition) is 4. The molecule has 2 aromatic rings. The number of likely N-dealkylation sites (N-methyl/N-ethyl adjacent to an activating group) is 1. The largest absolute Gasteiger partial charge is 0.493 e. The number of hydrogen-bond donors (Lipinski definition) is 1. The number of carbonyl (C=O) groups excluding carboxylic acids is 2. The first-order valence-corrected chi connectivity index (χ1v) is 8.69. The minimum absolute atomic E-state index is 0.0550. The van der Waals surface area contributed by atoms with E-state index in [9.17, 15) is 9.59 Å². The first-order valence-electron chi connectivity index (χ1n) is 8.69. The van der Waals surface area contributed by atoms with E-state index in [1.165, 1.54) is 4.90 Å². The van der Waals surface area contributed by atoms with Gasteiger partial charge in [0.2, 0.25) is 5.91 Å². The third-order valence-corrected chi connectivity index (χ3v) is 4.36. The summed E-state index contributed by atoms with van der Waals surface area (Å²) in [5, 5.41) is 2.84. The second-order valence-electron chi connectivity index (χ2n) is 6.49. The molecule has 0 aliphatic heterocycles. The number of nitrogens with one attached hydrogen (secondary N) is 1. The molecule has 0 aliphatic carbocycles. The Morgan fingerprint density at radius 2 is 1.81 bits per heavy atom. The van der Waals surface area contributed by atoms with Crippen molar-refractivity contribution in [3.05, 3.63) is 53.1 Å². The summed E-state index contributed by atoms with van der Waals surface area (Å²) in [6.07, 6.45) is 0. The van der Waals surface area contributed by atoms with Gasteiger partial charge in [-0.2, -0.15) is 0 Å². The molecule has 0 saturated heterocycles. The number of rotatable bonds is 7. The van der Waals surface area contributed by atoms with E-state index in [0.29, 0.717) is 11.5 Å². The Balaban J connectivity index is 1.90. The van der Waals surface area contributed by atoms with E-state index in [2.05, 4.69) is 5.32 Å². The van der Waals surface area contributed by atoms with Crippen LogP contribution in [0.2, 0.25) is 0 Å². The number of carbonyl (C=O) groups is 2. The number of ether oxygens (including phenoxy) is 2. The molecule has 1 N–H and O–H groups in total. The number of anilines is 1. The summed E-state index contributed by atoms with van der Waals surface area (Å²) < 4.78 is 10.8. The van der Waals surface area contributed by atoms with Crippen LogP contribution in [0, 0.1) is 20.8 Å². The number of methoxy groups -OCH3 is 1. The molecule has 0 fully saturated rings. The van der Waals surface area contributed by atoms with Gasteiger partial charge in [-0.05, 0) is 55.7 Å². The molecule has 0 aliphatic rings. The first kappa shape index (κ1) is 20.3. The van der Waals surface area contributed by atoms with Gasteiger partial charge in [-0.1, -0.05) is 18.2 Å². The van der Waals surface area contributed by atoms with Gasteiger partial charge in [0.25, 0.3) is 5.91 Å². The summed E-state index contributed by atoms with van der Waals surface area (Å²) in [7, 11) is 3.12. The standard InChI is InChI=1S/C21H26N2O4/c1-14-9-10-18(19(11-14)26-5)27-13-21(25)23(4)12-20(24)22-17-8-6-7-15(2)16(17)3/h6-11H,12-13H2,1-5H3,(H,22,24). The predicted octanol–water partition coefficient (Wildman–Crippen LogP) is 3.10. The highest BCUT2D eigenvalue weighted by Crippen LogP contribution is 2.27. The normalized spacial score (nSPS) is 10.3. The van der Waals surface area contributed by atoms with Crippen LogP contribution in [0.25, 0.3) is 0 Å². The molecule has 6 nitrogen and oxygen atoms in total.